The number of carboxylic acid groups (broad SMARTS) is 1. The Morgan fingerprint density at radius 3 is 2.32 bits per heavy atom. The fourth-order valence-corrected chi connectivity index (χ4v) is 6.65. The smallest absolute Gasteiger partial charge is 0.416 e. The number of benzene rings is 2. The second kappa shape index (κ2) is 12.0. The molecule has 1 aliphatic heterocycles. The molecule has 0 spiro atoms. The van der Waals surface area contributed by atoms with Crippen molar-refractivity contribution in [1.82, 2.24) is 15.2 Å². The standard InChI is InChI=1S/C30H30F3N3O4S/c31-30(32,33)20-11-9-18(10-12-20)21-5-1-2-6-22(21)28(38)36-15-13-19(14-16-36)27-35-25(17-41-27)26(37)34-24-8-4-3-7-23(24)29(39)40/h1-2,5-6,9-12,17,19,23-24H,3-4,7-8,13-16H2,(H,34,37)(H,39,40). The van der Waals surface area contributed by atoms with Gasteiger partial charge in [-0.15, -0.1) is 11.3 Å². The predicted octanol–water partition coefficient (Wildman–Crippen LogP) is 6.22. The minimum Gasteiger partial charge on any atom is -0.481 e. The lowest BCUT2D eigenvalue weighted by atomic mass is 9.84. The number of halogens is 3. The minimum atomic E-state index is -4.43. The number of nitrogens with one attached hydrogen (secondary N) is 1. The van der Waals surface area contributed by atoms with Crippen molar-refractivity contribution in [2.75, 3.05) is 13.1 Å². The summed E-state index contributed by atoms with van der Waals surface area (Å²) in [5.74, 6) is -1.94. The van der Waals surface area contributed by atoms with Crippen molar-refractivity contribution in [3.8, 4) is 11.1 Å². The van der Waals surface area contributed by atoms with Gasteiger partial charge >= 0.3 is 12.1 Å². The Morgan fingerprint density at radius 1 is 0.951 bits per heavy atom. The summed E-state index contributed by atoms with van der Waals surface area (Å²) in [6.45, 7) is 0.961. The molecule has 2 fully saturated rings. The average Bonchev–Trinajstić information content (AvgIpc) is 3.47. The molecule has 2 aromatic carbocycles. The summed E-state index contributed by atoms with van der Waals surface area (Å²) in [5, 5.41) is 14.9. The quantitative estimate of drug-likeness (QED) is 0.358. The minimum absolute atomic E-state index is 0.0807. The van der Waals surface area contributed by atoms with E-state index in [0.29, 0.717) is 55.5 Å². The van der Waals surface area contributed by atoms with Crippen molar-refractivity contribution in [3.63, 3.8) is 0 Å². The highest BCUT2D eigenvalue weighted by Crippen LogP contribution is 2.34. The van der Waals surface area contributed by atoms with Crippen LogP contribution in [0.2, 0.25) is 0 Å². The second-order valence-corrected chi connectivity index (χ2v) is 11.5. The van der Waals surface area contributed by atoms with E-state index in [2.05, 4.69) is 10.3 Å². The third-order valence-corrected chi connectivity index (χ3v) is 8.97. The number of alkyl halides is 3. The molecular formula is C30H30F3N3O4S. The summed E-state index contributed by atoms with van der Waals surface area (Å²) in [7, 11) is 0. The number of hydrogen-bond acceptors (Lipinski definition) is 5. The van der Waals surface area contributed by atoms with Gasteiger partial charge in [0.25, 0.3) is 11.8 Å². The summed E-state index contributed by atoms with van der Waals surface area (Å²) < 4.78 is 39.0. The highest BCUT2D eigenvalue weighted by molar-refractivity contribution is 7.09. The number of rotatable bonds is 6. The molecule has 2 N–H and O–H groups in total. The molecule has 2 amide bonds. The van der Waals surface area contributed by atoms with Crippen LogP contribution in [0.15, 0.2) is 53.9 Å². The van der Waals surface area contributed by atoms with E-state index in [-0.39, 0.29) is 23.4 Å². The normalized spacial score (nSPS) is 20.0. The SMILES string of the molecule is O=C(NC1CCCCC1C(=O)O)c1csc(C2CCN(C(=O)c3ccccc3-c3ccc(C(F)(F)F)cc3)CC2)n1. The summed E-state index contributed by atoms with van der Waals surface area (Å²) in [6, 6.07) is 11.3. The molecule has 216 valence electrons. The Kier molecular flexibility index (Phi) is 8.44. The maximum Gasteiger partial charge on any atom is 0.416 e. The summed E-state index contributed by atoms with van der Waals surface area (Å²) in [4.78, 5) is 44.1. The van der Waals surface area contributed by atoms with E-state index in [4.69, 9.17) is 0 Å². The number of piperidine rings is 1. The fraction of sp³-hybridized carbons (Fsp3) is 0.400. The Bertz CT molecular complexity index is 1410. The summed E-state index contributed by atoms with van der Waals surface area (Å²) in [6.07, 6.45) is -0.212. The van der Waals surface area contributed by atoms with E-state index in [0.717, 1.165) is 30.0 Å². The topological polar surface area (TPSA) is 99.6 Å². The van der Waals surface area contributed by atoms with Crippen molar-refractivity contribution in [1.29, 1.82) is 0 Å². The van der Waals surface area contributed by atoms with E-state index in [1.807, 2.05) is 0 Å². The predicted molar refractivity (Wildman–Crippen MR) is 148 cm³/mol. The highest BCUT2D eigenvalue weighted by atomic mass is 32.1. The molecule has 1 saturated carbocycles. The molecule has 5 rings (SSSR count). The molecule has 2 atom stereocenters. The molecule has 0 radical (unpaired) electrons. The number of thiazole rings is 1. The van der Waals surface area contributed by atoms with E-state index in [1.165, 1.54) is 23.5 Å². The van der Waals surface area contributed by atoms with Gasteiger partial charge in [-0.25, -0.2) is 4.98 Å². The lowest BCUT2D eigenvalue weighted by Gasteiger charge is -2.31. The van der Waals surface area contributed by atoms with Crippen molar-refractivity contribution in [2.24, 2.45) is 5.92 Å². The molecule has 7 nitrogen and oxygen atoms in total. The number of likely N-dealkylation sites (tertiary alicyclic amines) is 1. The van der Waals surface area contributed by atoms with Crippen LogP contribution in [0.5, 0.6) is 0 Å². The van der Waals surface area contributed by atoms with Gasteiger partial charge in [0.1, 0.15) is 5.69 Å². The van der Waals surface area contributed by atoms with E-state index < -0.39 is 29.7 Å². The Balaban J connectivity index is 1.21. The van der Waals surface area contributed by atoms with Gasteiger partial charge in [0.2, 0.25) is 0 Å². The van der Waals surface area contributed by atoms with Gasteiger partial charge in [0, 0.05) is 36.0 Å². The largest absolute Gasteiger partial charge is 0.481 e. The van der Waals surface area contributed by atoms with Crippen LogP contribution in [0.1, 0.15) is 75.9 Å². The van der Waals surface area contributed by atoms with Crippen LogP contribution in [0, 0.1) is 5.92 Å². The number of aromatic nitrogens is 1. The molecule has 11 heteroatoms. The Labute approximate surface area is 239 Å². The molecule has 41 heavy (non-hydrogen) atoms. The molecule has 1 aliphatic carbocycles. The van der Waals surface area contributed by atoms with E-state index >= 15 is 0 Å². The van der Waals surface area contributed by atoms with E-state index in [9.17, 15) is 32.7 Å². The van der Waals surface area contributed by atoms with Crippen LogP contribution in [0.25, 0.3) is 11.1 Å². The van der Waals surface area contributed by atoms with Crippen LogP contribution in [0.4, 0.5) is 13.2 Å². The third kappa shape index (κ3) is 6.45. The van der Waals surface area contributed by atoms with Gasteiger partial charge in [0.05, 0.1) is 16.5 Å². The number of carbonyl (C=O) groups is 3. The van der Waals surface area contributed by atoms with Crippen molar-refractivity contribution in [3.05, 3.63) is 75.7 Å². The number of hydrogen-bond donors (Lipinski definition) is 2. The first-order chi connectivity index (χ1) is 19.6. The van der Waals surface area contributed by atoms with Gasteiger partial charge < -0.3 is 15.3 Å². The summed E-state index contributed by atoms with van der Waals surface area (Å²) in [5.41, 5.74) is 1.08. The molecular weight excluding hydrogens is 555 g/mol. The number of carbonyl (C=O) groups excluding carboxylic acids is 2. The first-order valence-electron chi connectivity index (χ1n) is 13.7. The maximum absolute atomic E-state index is 13.5. The molecule has 0 bridgehead atoms. The first-order valence-corrected chi connectivity index (χ1v) is 14.5. The highest BCUT2D eigenvalue weighted by Gasteiger charge is 2.33. The van der Waals surface area contributed by atoms with Crippen LogP contribution in [-0.2, 0) is 11.0 Å². The van der Waals surface area contributed by atoms with Crippen molar-refractivity contribution >= 4 is 29.1 Å². The Morgan fingerprint density at radius 2 is 1.63 bits per heavy atom. The Hall–Kier alpha value is -3.73. The lowest BCUT2D eigenvalue weighted by Crippen LogP contribution is -2.45. The van der Waals surface area contributed by atoms with E-state index in [1.54, 1.807) is 34.5 Å². The molecule has 2 unspecified atom stereocenters. The zero-order chi connectivity index (χ0) is 29.1. The van der Waals surface area contributed by atoms with Crippen molar-refractivity contribution in [2.45, 2.75) is 56.7 Å². The van der Waals surface area contributed by atoms with Gasteiger partial charge in [-0.1, -0.05) is 43.2 Å². The second-order valence-electron chi connectivity index (χ2n) is 10.6. The maximum atomic E-state index is 13.5. The van der Waals surface area contributed by atoms with Crippen LogP contribution in [0.3, 0.4) is 0 Å². The van der Waals surface area contributed by atoms with Gasteiger partial charge in [0.15, 0.2) is 0 Å². The van der Waals surface area contributed by atoms with Crippen molar-refractivity contribution < 1.29 is 32.7 Å². The molecule has 1 saturated heterocycles. The van der Waals surface area contributed by atoms with Gasteiger partial charge in [-0.2, -0.15) is 13.2 Å². The molecule has 1 aromatic heterocycles. The first kappa shape index (κ1) is 28.8. The lowest BCUT2D eigenvalue weighted by molar-refractivity contribution is -0.143. The number of amides is 2. The number of aliphatic carboxylic acids is 1. The van der Waals surface area contributed by atoms with Crippen LogP contribution in [-0.4, -0.2) is 51.9 Å². The zero-order valence-corrected chi connectivity index (χ0v) is 23.0. The van der Waals surface area contributed by atoms with Gasteiger partial charge in [-0.05, 0) is 55.0 Å². The molecule has 2 aliphatic rings. The number of carboxylic acids is 1. The molecule has 2 heterocycles. The molecule has 3 aromatic rings. The van der Waals surface area contributed by atoms with Crippen LogP contribution < -0.4 is 5.32 Å². The third-order valence-electron chi connectivity index (χ3n) is 7.97. The zero-order valence-electron chi connectivity index (χ0n) is 22.2. The van der Waals surface area contributed by atoms with Gasteiger partial charge in [-0.3, -0.25) is 14.4 Å². The average molecular weight is 586 g/mol. The fourth-order valence-electron chi connectivity index (χ4n) is 5.68. The number of nitrogens with zero attached hydrogens (tertiary/aromatic N) is 2. The van der Waals surface area contributed by atoms with Crippen LogP contribution >= 0.6 is 11.3 Å². The summed E-state index contributed by atoms with van der Waals surface area (Å²) >= 11 is 1.39. The monoisotopic (exact) mass is 585 g/mol.